The second-order valence-corrected chi connectivity index (χ2v) is 7.07. The third-order valence-electron chi connectivity index (χ3n) is 4.97. The number of pyridine rings is 2. The zero-order valence-corrected chi connectivity index (χ0v) is 16.5. The van der Waals surface area contributed by atoms with E-state index in [2.05, 4.69) is 15.3 Å². The van der Waals surface area contributed by atoms with Crippen LogP contribution in [0.15, 0.2) is 91.3 Å². The van der Waals surface area contributed by atoms with Gasteiger partial charge in [0.2, 0.25) is 0 Å². The van der Waals surface area contributed by atoms with E-state index in [1.54, 1.807) is 18.5 Å². The highest BCUT2D eigenvalue weighted by atomic mass is 19.1. The molecular formula is C25H23FN4. The van der Waals surface area contributed by atoms with Crippen LogP contribution in [0.4, 0.5) is 10.2 Å². The summed E-state index contributed by atoms with van der Waals surface area (Å²) in [7, 11) is 0. The van der Waals surface area contributed by atoms with Gasteiger partial charge in [-0.05, 0) is 47.9 Å². The number of hydrogen-bond acceptors (Lipinski definition) is 4. The summed E-state index contributed by atoms with van der Waals surface area (Å²) in [5, 5.41) is 3.35. The van der Waals surface area contributed by atoms with E-state index in [9.17, 15) is 4.39 Å². The van der Waals surface area contributed by atoms with Crippen molar-refractivity contribution in [1.29, 1.82) is 0 Å². The quantitative estimate of drug-likeness (QED) is 0.434. The van der Waals surface area contributed by atoms with Crippen molar-refractivity contribution in [2.75, 3.05) is 11.9 Å². The fourth-order valence-electron chi connectivity index (χ4n) is 3.39. The number of nitrogens with one attached hydrogen (secondary N) is 1. The van der Waals surface area contributed by atoms with Gasteiger partial charge in [-0.15, -0.1) is 0 Å². The van der Waals surface area contributed by atoms with Crippen molar-refractivity contribution in [3.8, 4) is 22.4 Å². The van der Waals surface area contributed by atoms with Crippen LogP contribution < -0.4 is 11.1 Å². The molecule has 0 aliphatic rings. The van der Waals surface area contributed by atoms with Crippen LogP contribution >= 0.6 is 0 Å². The minimum Gasteiger partial charge on any atom is -0.370 e. The molecule has 2 heterocycles. The smallest absolute Gasteiger partial charge is 0.126 e. The minimum absolute atomic E-state index is 0.0412. The SMILES string of the molecule is NC(CCNc1cc(-c2ccccn2)c(-c2cccc(F)c2)cn1)c1ccccc1. The first-order valence-electron chi connectivity index (χ1n) is 9.92. The molecule has 0 aliphatic heterocycles. The van der Waals surface area contributed by atoms with Gasteiger partial charge in [-0.25, -0.2) is 9.37 Å². The van der Waals surface area contributed by atoms with Crippen LogP contribution in [0.25, 0.3) is 22.4 Å². The maximum atomic E-state index is 13.8. The van der Waals surface area contributed by atoms with Gasteiger partial charge in [0.05, 0.1) is 5.69 Å². The molecule has 2 aromatic carbocycles. The standard InChI is InChI=1S/C25H23FN4/c26-20-10-6-9-19(15-20)22-17-30-25(16-21(22)24-11-4-5-13-28-24)29-14-12-23(27)18-7-2-1-3-8-18/h1-11,13,15-17,23H,12,14,27H2,(H,29,30). The molecule has 4 nitrogen and oxygen atoms in total. The maximum Gasteiger partial charge on any atom is 0.126 e. The Morgan fingerprint density at radius 3 is 2.47 bits per heavy atom. The van der Waals surface area contributed by atoms with Crippen molar-refractivity contribution in [3.05, 3.63) is 103 Å². The summed E-state index contributed by atoms with van der Waals surface area (Å²) in [5.74, 6) is 0.452. The van der Waals surface area contributed by atoms with Crippen LogP contribution in [-0.4, -0.2) is 16.5 Å². The van der Waals surface area contributed by atoms with Gasteiger partial charge in [0.15, 0.2) is 0 Å². The first-order chi connectivity index (χ1) is 14.7. The van der Waals surface area contributed by atoms with E-state index in [4.69, 9.17) is 5.73 Å². The number of anilines is 1. The van der Waals surface area contributed by atoms with Crippen LogP contribution in [0.1, 0.15) is 18.0 Å². The third-order valence-corrected chi connectivity index (χ3v) is 4.97. The third kappa shape index (κ3) is 4.70. The summed E-state index contributed by atoms with van der Waals surface area (Å²) >= 11 is 0. The summed E-state index contributed by atoms with van der Waals surface area (Å²) in [5.41, 5.74) is 10.7. The van der Waals surface area contributed by atoms with Crippen LogP contribution in [-0.2, 0) is 0 Å². The molecule has 4 rings (SSSR count). The van der Waals surface area contributed by atoms with Gasteiger partial charge in [-0.3, -0.25) is 4.98 Å². The molecule has 30 heavy (non-hydrogen) atoms. The average Bonchev–Trinajstić information content (AvgIpc) is 2.80. The van der Waals surface area contributed by atoms with E-state index < -0.39 is 0 Å². The zero-order chi connectivity index (χ0) is 20.8. The molecule has 2 aromatic heterocycles. The predicted octanol–water partition coefficient (Wildman–Crippen LogP) is 5.45. The highest BCUT2D eigenvalue weighted by Gasteiger charge is 2.12. The Morgan fingerprint density at radius 1 is 0.867 bits per heavy atom. The van der Waals surface area contributed by atoms with E-state index >= 15 is 0 Å². The second kappa shape index (κ2) is 9.29. The van der Waals surface area contributed by atoms with Crippen LogP contribution in [0.2, 0.25) is 0 Å². The number of benzene rings is 2. The van der Waals surface area contributed by atoms with Crippen molar-refractivity contribution in [1.82, 2.24) is 9.97 Å². The predicted molar refractivity (Wildman–Crippen MR) is 119 cm³/mol. The molecule has 1 unspecified atom stereocenters. The molecule has 5 heteroatoms. The van der Waals surface area contributed by atoms with Gasteiger partial charge in [0.25, 0.3) is 0 Å². The first kappa shape index (κ1) is 19.7. The molecule has 0 spiro atoms. The lowest BCUT2D eigenvalue weighted by Crippen LogP contribution is -2.15. The van der Waals surface area contributed by atoms with Crippen molar-refractivity contribution in [2.45, 2.75) is 12.5 Å². The van der Waals surface area contributed by atoms with E-state index in [0.717, 1.165) is 40.2 Å². The number of nitrogens with zero attached hydrogens (tertiary/aromatic N) is 2. The topological polar surface area (TPSA) is 63.8 Å². The number of aromatic nitrogens is 2. The highest BCUT2D eigenvalue weighted by molar-refractivity contribution is 5.82. The summed E-state index contributed by atoms with van der Waals surface area (Å²) in [6, 6.07) is 24.2. The molecule has 1 atom stereocenters. The largest absolute Gasteiger partial charge is 0.370 e. The summed E-state index contributed by atoms with van der Waals surface area (Å²) in [6.07, 6.45) is 4.28. The number of halogens is 1. The molecule has 0 fully saturated rings. The lowest BCUT2D eigenvalue weighted by Gasteiger charge is -2.15. The molecule has 0 radical (unpaired) electrons. The average molecular weight is 398 g/mol. The fraction of sp³-hybridized carbons (Fsp3) is 0.120. The lowest BCUT2D eigenvalue weighted by atomic mass is 9.99. The van der Waals surface area contributed by atoms with E-state index in [-0.39, 0.29) is 11.9 Å². The molecule has 0 saturated heterocycles. The Balaban J connectivity index is 1.56. The van der Waals surface area contributed by atoms with Crippen molar-refractivity contribution >= 4 is 5.82 Å². The van der Waals surface area contributed by atoms with Gasteiger partial charge in [0, 0.05) is 36.1 Å². The van der Waals surface area contributed by atoms with E-state index in [1.807, 2.05) is 60.7 Å². The Labute approximate surface area is 175 Å². The number of nitrogens with two attached hydrogens (primary N) is 1. The van der Waals surface area contributed by atoms with Crippen LogP contribution in [0, 0.1) is 5.82 Å². The summed E-state index contributed by atoms with van der Waals surface area (Å²) in [6.45, 7) is 0.685. The van der Waals surface area contributed by atoms with Crippen LogP contribution in [0.3, 0.4) is 0 Å². The zero-order valence-electron chi connectivity index (χ0n) is 16.5. The number of hydrogen-bond donors (Lipinski definition) is 2. The lowest BCUT2D eigenvalue weighted by molar-refractivity contribution is 0.628. The molecule has 0 bridgehead atoms. The van der Waals surface area contributed by atoms with Gasteiger partial charge in [-0.2, -0.15) is 0 Å². The van der Waals surface area contributed by atoms with E-state index in [1.165, 1.54) is 12.1 Å². The van der Waals surface area contributed by atoms with E-state index in [0.29, 0.717) is 6.54 Å². The molecular weight excluding hydrogens is 375 g/mol. The fourth-order valence-corrected chi connectivity index (χ4v) is 3.39. The Kier molecular flexibility index (Phi) is 6.11. The number of rotatable bonds is 7. The van der Waals surface area contributed by atoms with Crippen molar-refractivity contribution in [2.24, 2.45) is 5.73 Å². The summed E-state index contributed by atoms with van der Waals surface area (Å²) < 4.78 is 13.8. The highest BCUT2D eigenvalue weighted by Crippen LogP contribution is 2.32. The van der Waals surface area contributed by atoms with Gasteiger partial charge < -0.3 is 11.1 Å². The van der Waals surface area contributed by atoms with Crippen LogP contribution in [0.5, 0.6) is 0 Å². The van der Waals surface area contributed by atoms with Crippen molar-refractivity contribution in [3.63, 3.8) is 0 Å². The first-order valence-corrected chi connectivity index (χ1v) is 9.92. The monoisotopic (exact) mass is 398 g/mol. The van der Waals surface area contributed by atoms with Gasteiger partial charge >= 0.3 is 0 Å². The molecule has 0 aliphatic carbocycles. The Morgan fingerprint density at radius 2 is 1.70 bits per heavy atom. The minimum atomic E-state index is -0.281. The van der Waals surface area contributed by atoms with Crippen molar-refractivity contribution < 1.29 is 4.39 Å². The summed E-state index contributed by atoms with van der Waals surface area (Å²) in [4.78, 5) is 9.02. The van der Waals surface area contributed by atoms with Gasteiger partial charge in [-0.1, -0.05) is 48.5 Å². The Hall–Kier alpha value is -3.57. The molecule has 0 saturated carbocycles. The maximum absolute atomic E-state index is 13.8. The molecule has 150 valence electrons. The second-order valence-electron chi connectivity index (χ2n) is 7.07. The molecule has 0 amide bonds. The normalized spacial score (nSPS) is 11.8. The molecule has 3 N–H and O–H groups in total. The Bertz CT molecular complexity index is 1100. The van der Waals surface area contributed by atoms with Gasteiger partial charge in [0.1, 0.15) is 11.6 Å². The molecule has 4 aromatic rings.